The molecule has 0 atom stereocenters. The van der Waals surface area contributed by atoms with Crippen LogP contribution in [-0.4, -0.2) is 23.4 Å². The van der Waals surface area contributed by atoms with E-state index in [0.717, 1.165) is 19.3 Å². The molecule has 0 aromatic heterocycles. The summed E-state index contributed by atoms with van der Waals surface area (Å²) in [6.45, 7) is 0. The molecule has 1 saturated carbocycles. The third-order valence-electron chi connectivity index (χ3n) is 4.01. The zero-order chi connectivity index (χ0) is 14.8. The van der Waals surface area contributed by atoms with Gasteiger partial charge in [-0.25, -0.2) is 4.39 Å². The van der Waals surface area contributed by atoms with Crippen molar-refractivity contribution in [2.24, 2.45) is 0 Å². The van der Waals surface area contributed by atoms with Gasteiger partial charge in [-0.15, -0.1) is 0 Å². The summed E-state index contributed by atoms with van der Waals surface area (Å²) < 4.78 is 14.3. The van der Waals surface area contributed by atoms with Gasteiger partial charge >= 0.3 is 0 Å². The van der Waals surface area contributed by atoms with E-state index in [-0.39, 0.29) is 5.56 Å². The Hall–Kier alpha value is -1.41. The Bertz CT molecular complexity index is 541. The normalized spacial score (nSPS) is 17.3. The highest BCUT2D eigenvalue weighted by atomic mass is 79.9. The van der Waals surface area contributed by atoms with Crippen LogP contribution < -0.4 is 0 Å². The molecule has 20 heavy (non-hydrogen) atoms. The minimum absolute atomic E-state index is 0.00445. The molecule has 1 aromatic carbocycles. The molecule has 1 aliphatic rings. The molecule has 0 aliphatic heterocycles. The summed E-state index contributed by atoms with van der Waals surface area (Å²) in [5.74, 6) is -1.02. The van der Waals surface area contributed by atoms with E-state index in [1.54, 1.807) is 13.1 Å². The van der Waals surface area contributed by atoms with Crippen molar-refractivity contribution in [3.63, 3.8) is 0 Å². The summed E-state index contributed by atoms with van der Waals surface area (Å²) in [5, 5.41) is 9.50. The van der Waals surface area contributed by atoms with Crippen LogP contribution in [0.3, 0.4) is 0 Å². The van der Waals surface area contributed by atoms with Crippen molar-refractivity contribution in [3.05, 3.63) is 34.1 Å². The molecule has 0 radical (unpaired) electrons. The van der Waals surface area contributed by atoms with Crippen LogP contribution in [0.2, 0.25) is 0 Å². The molecule has 5 heteroatoms. The average Bonchev–Trinajstić information content (AvgIpc) is 2.46. The Labute approximate surface area is 126 Å². The van der Waals surface area contributed by atoms with E-state index in [1.165, 1.54) is 17.0 Å². The Balaban J connectivity index is 2.35. The molecule has 1 fully saturated rings. The van der Waals surface area contributed by atoms with Gasteiger partial charge in [-0.2, -0.15) is 5.26 Å². The van der Waals surface area contributed by atoms with Gasteiger partial charge in [-0.3, -0.25) is 4.79 Å². The van der Waals surface area contributed by atoms with Gasteiger partial charge in [0.15, 0.2) is 0 Å². The Morgan fingerprint density at radius 1 is 1.40 bits per heavy atom. The maximum absolute atomic E-state index is 13.9. The van der Waals surface area contributed by atoms with Crippen molar-refractivity contribution in [1.29, 1.82) is 5.26 Å². The second kappa shape index (κ2) is 5.92. The molecule has 3 nitrogen and oxygen atoms in total. The van der Waals surface area contributed by atoms with E-state index in [2.05, 4.69) is 22.0 Å². The largest absolute Gasteiger partial charge is 0.323 e. The monoisotopic (exact) mass is 338 g/mol. The Morgan fingerprint density at radius 2 is 2.05 bits per heavy atom. The predicted octanol–water partition coefficient (Wildman–Crippen LogP) is 3.89. The third-order valence-corrected chi connectivity index (χ3v) is 4.67. The van der Waals surface area contributed by atoms with Crippen LogP contribution in [0.25, 0.3) is 0 Å². The lowest BCUT2D eigenvalue weighted by atomic mass is 9.81. The number of nitriles is 1. The van der Waals surface area contributed by atoms with Crippen molar-refractivity contribution in [3.8, 4) is 6.07 Å². The third kappa shape index (κ3) is 2.57. The molecular formula is C15H16BrFN2O. The first-order valence-electron chi connectivity index (χ1n) is 6.65. The highest BCUT2D eigenvalue weighted by Gasteiger charge is 2.40. The number of carbonyl (C=O) groups is 1. The quantitative estimate of drug-likeness (QED) is 0.821. The fraction of sp³-hybridized carbons (Fsp3) is 0.467. The van der Waals surface area contributed by atoms with Crippen molar-refractivity contribution < 1.29 is 9.18 Å². The second-order valence-corrected chi connectivity index (χ2v) is 6.02. The second-order valence-electron chi connectivity index (χ2n) is 5.16. The van der Waals surface area contributed by atoms with Crippen molar-refractivity contribution in [1.82, 2.24) is 4.90 Å². The minimum atomic E-state index is -0.808. The van der Waals surface area contributed by atoms with Crippen LogP contribution in [0, 0.1) is 17.1 Å². The molecule has 0 N–H and O–H groups in total. The summed E-state index contributed by atoms with van der Waals surface area (Å²) in [4.78, 5) is 14.0. The average molecular weight is 339 g/mol. The van der Waals surface area contributed by atoms with Crippen molar-refractivity contribution in [2.45, 2.75) is 37.6 Å². The molecule has 0 saturated heterocycles. The summed E-state index contributed by atoms with van der Waals surface area (Å²) in [6.07, 6.45) is 4.22. The Morgan fingerprint density at radius 3 is 2.60 bits per heavy atom. The fourth-order valence-electron chi connectivity index (χ4n) is 2.72. The molecule has 106 valence electrons. The van der Waals surface area contributed by atoms with Gasteiger partial charge < -0.3 is 4.90 Å². The van der Waals surface area contributed by atoms with Gasteiger partial charge in [-0.1, -0.05) is 25.3 Å². The first-order chi connectivity index (χ1) is 9.52. The molecule has 0 unspecified atom stereocenters. The smallest absolute Gasteiger partial charge is 0.259 e. The minimum Gasteiger partial charge on any atom is -0.323 e. The highest BCUT2D eigenvalue weighted by molar-refractivity contribution is 9.10. The molecule has 0 spiro atoms. The molecule has 2 rings (SSSR count). The standard InChI is InChI=1S/C15H16BrFN2O/c1-19(15(10-18)8-3-2-4-9-15)14(20)13-11(16)6-5-7-12(13)17/h5-7H,2-4,8-9H2,1H3. The van der Waals surface area contributed by atoms with Crippen LogP contribution >= 0.6 is 15.9 Å². The number of nitrogens with zero attached hydrogens (tertiary/aromatic N) is 2. The van der Waals surface area contributed by atoms with Gasteiger partial charge in [0, 0.05) is 11.5 Å². The lowest BCUT2D eigenvalue weighted by Gasteiger charge is -2.39. The number of halogens is 2. The maximum atomic E-state index is 13.9. The SMILES string of the molecule is CN(C(=O)c1c(F)cccc1Br)C1(C#N)CCCCC1. The highest BCUT2D eigenvalue weighted by Crippen LogP contribution is 2.34. The zero-order valence-electron chi connectivity index (χ0n) is 11.3. The van der Waals surface area contributed by atoms with E-state index in [4.69, 9.17) is 0 Å². The molecule has 0 heterocycles. The number of benzene rings is 1. The van der Waals surface area contributed by atoms with Crippen LogP contribution in [0.5, 0.6) is 0 Å². The molecule has 1 amide bonds. The summed E-state index contributed by atoms with van der Waals surface area (Å²) in [5.41, 5.74) is -0.813. The van der Waals surface area contributed by atoms with Crippen LogP contribution in [0.15, 0.2) is 22.7 Å². The topological polar surface area (TPSA) is 44.1 Å². The molecular weight excluding hydrogens is 323 g/mol. The van der Waals surface area contributed by atoms with Crippen LogP contribution in [-0.2, 0) is 0 Å². The van der Waals surface area contributed by atoms with Gasteiger partial charge in [0.1, 0.15) is 11.4 Å². The van der Waals surface area contributed by atoms with Crippen LogP contribution in [0.4, 0.5) is 4.39 Å². The van der Waals surface area contributed by atoms with E-state index >= 15 is 0 Å². The number of rotatable bonds is 2. The number of carbonyl (C=O) groups excluding carboxylic acids is 1. The van der Waals surface area contributed by atoms with E-state index in [9.17, 15) is 14.4 Å². The van der Waals surface area contributed by atoms with Gasteiger partial charge in [0.2, 0.25) is 0 Å². The summed E-state index contributed by atoms with van der Waals surface area (Å²) in [6, 6.07) is 6.70. The first kappa shape index (κ1) is 15.0. The number of amides is 1. The molecule has 1 aliphatic carbocycles. The Kier molecular flexibility index (Phi) is 4.44. The van der Waals surface area contributed by atoms with Gasteiger partial charge in [0.05, 0.1) is 11.6 Å². The molecule has 0 bridgehead atoms. The lowest BCUT2D eigenvalue weighted by Crippen LogP contribution is -2.50. The maximum Gasteiger partial charge on any atom is 0.259 e. The number of hydrogen-bond donors (Lipinski definition) is 0. The fourth-order valence-corrected chi connectivity index (χ4v) is 3.23. The van der Waals surface area contributed by atoms with E-state index in [0.29, 0.717) is 17.3 Å². The van der Waals surface area contributed by atoms with E-state index in [1.807, 2.05) is 0 Å². The van der Waals surface area contributed by atoms with Crippen LogP contribution in [0.1, 0.15) is 42.5 Å². The van der Waals surface area contributed by atoms with E-state index < -0.39 is 17.3 Å². The van der Waals surface area contributed by atoms with Gasteiger partial charge in [0.25, 0.3) is 5.91 Å². The molecule has 1 aromatic rings. The lowest BCUT2D eigenvalue weighted by molar-refractivity contribution is 0.0583. The van der Waals surface area contributed by atoms with Crippen molar-refractivity contribution in [2.75, 3.05) is 7.05 Å². The van der Waals surface area contributed by atoms with Crippen molar-refractivity contribution >= 4 is 21.8 Å². The zero-order valence-corrected chi connectivity index (χ0v) is 12.9. The predicted molar refractivity (Wildman–Crippen MR) is 77.6 cm³/mol. The first-order valence-corrected chi connectivity index (χ1v) is 7.44. The summed E-state index contributed by atoms with van der Waals surface area (Å²) >= 11 is 3.21. The summed E-state index contributed by atoms with van der Waals surface area (Å²) in [7, 11) is 1.59. The van der Waals surface area contributed by atoms with Gasteiger partial charge in [-0.05, 0) is 40.9 Å². The number of hydrogen-bond acceptors (Lipinski definition) is 2.